The molecule has 0 atom stereocenters. The molecule has 0 spiro atoms. The molecule has 0 radical (unpaired) electrons. The predicted molar refractivity (Wildman–Crippen MR) is 74.7 cm³/mol. The molecule has 1 aliphatic rings. The van der Waals surface area contributed by atoms with E-state index < -0.39 is 0 Å². The molecule has 2 rings (SSSR count). The van der Waals surface area contributed by atoms with Gasteiger partial charge in [0, 0.05) is 17.0 Å². The van der Waals surface area contributed by atoms with Crippen molar-refractivity contribution < 1.29 is 0 Å². The van der Waals surface area contributed by atoms with Crippen LogP contribution in [0.25, 0.3) is 0 Å². The van der Waals surface area contributed by atoms with Crippen molar-refractivity contribution in [1.29, 1.82) is 0 Å². The summed E-state index contributed by atoms with van der Waals surface area (Å²) in [6.45, 7) is 5.07. The summed E-state index contributed by atoms with van der Waals surface area (Å²) in [5.41, 5.74) is 10.3. The SMILES string of the molecule is Cc1ccc(Cl)c(C)c1C1(CN)CCCCC1. The molecule has 0 bridgehead atoms. The van der Waals surface area contributed by atoms with Gasteiger partial charge >= 0.3 is 0 Å². The first-order valence-corrected chi connectivity index (χ1v) is 6.95. The van der Waals surface area contributed by atoms with Gasteiger partial charge in [0.15, 0.2) is 0 Å². The highest BCUT2D eigenvalue weighted by atomic mass is 35.5. The number of rotatable bonds is 2. The molecule has 0 aliphatic heterocycles. The van der Waals surface area contributed by atoms with Crippen molar-refractivity contribution in [2.24, 2.45) is 5.73 Å². The Bertz CT molecular complexity index is 406. The summed E-state index contributed by atoms with van der Waals surface area (Å²) in [4.78, 5) is 0. The van der Waals surface area contributed by atoms with E-state index in [1.807, 2.05) is 6.07 Å². The monoisotopic (exact) mass is 251 g/mol. The Labute approximate surface area is 109 Å². The van der Waals surface area contributed by atoms with Crippen molar-refractivity contribution in [3.63, 3.8) is 0 Å². The lowest BCUT2D eigenvalue weighted by atomic mass is 9.67. The van der Waals surface area contributed by atoms with E-state index in [1.165, 1.54) is 48.8 Å². The fourth-order valence-electron chi connectivity index (χ4n) is 3.42. The van der Waals surface area contributed by atoms with E-state index in [-0.39, 0.29) is 5.41 Å². The molecule has 1 nitrogen and oxygen atoms in total. The van der Waals surface area contributed by atoms with Crippen LogP contribution >= 0.6 is 11.6 Å². The van der Waals surface area contributed by atoms with E-state index >= 15 is 0 Å². The van der Waals surface area contributed by atoms with Crippen molar-refractivity contribution in [1.82, 2.24) is 0 Å². The second kappa shape index (κ2) is 4.99. The summed E-state index contributed by atoms with van der Waals surface area (Å²) < 4.78 is 0. The average molecular weight is 252 g/mol. The largest absolute Gasteiger partial charge is 0.330 e. The molecule has 0 unspecified atom stereocenters. The maximum absolute atomic E-state index is 6.28. The van der Waals surface area contributed by atoms with Crippen molar-refractivity contribution >= 4 is 11.6 Å². The Balaban J connectivity index is 2.53. The van der Waals surface area contributed by atoms with Crippen molar-refractivity contribution in [2.75, 3.05) is 6.54 Å². The Kier molecular flexibility index (Phi) is 3.79. The number of hydrogen-bond donors (Lipinski definition) is 1. The lowest BCUT2D eigenvalue weighted by Crippen LogP contribution is -2.38. The zero-order valence-corrected chi connectivity index (χ0v) is 11.6. The molecule has 94 valence electrons. The van der Waals surface area contributed by atoms with E-state index in [4.69, 9.17) is 17.3 Å². The van der Waals surface area contributed by atoms with Gasteiger partial charge in [-0.15, -0.1) is 0 Å². The summed E-state index contributed by atoms with van der Waals surface area (Å²) in [7, 11) is 0. The van der Waals surface area contributed by atoms with Gasteiger partial charge in [-0.05, 0) is 49.4 Å². The molecule has 0 aromatic heterocycles. The van der Waals surface area contributed by atoms with Gasteiger partial charge in [0.1, 0.15) is 0 Å². The van der Waals surface area contributed by atoms with Crippen LogP contribution in [-0.4, -0.2) is 6.54 Å². The minimum atomic E-state index is 0.178. The van der Waals surface area contributed by atoms with E-state index in [0.29, 0.717) is 0 Å². The van der Waals surface area contributed by atoms with Crippen LogP contribution in [0.15, 0.2) is 12.1 Å². The third kappa shape index (κ3) is 2.23. The lowest BCUT2D eigenvalue weighted by Gasteiger charge is -2.39. The van der Waals surface area contributed by atoms with Crippen LogP contribution in [-0.2, 0) is 5.41 Å². The molecule has 2 heteroatoms. The Morgan fingerprint density at radius 3 is 2.41 bits per heavy atom. The number of hydrogen-bond acceptors (Lipinski definition) is 1. The lowest BCUT2D eigenvalue weighted by molar-refractivity contribution is 0.298. The fourth-order valence-corrected chi connectivity index (χ4v) is 3.58. The van der Waals surface area contributed by atoms with Gasteiger partial charge in [-0.1, -0.05) is 36.9 Å². The molecular formula is C15H22ClN. The first-order chi connectivity index (χ1) is 8.10. The van der Waals surface area contributed by atoms with Crippen LogP contribution in [0, 0.1) is 13.8 Å². The Hall–Kier alpha value is -0.530. The second-order valence-electron chi connectivity index (χ2n) is 5.41. The zero-order valence-electron chi connectivity index (χ0n) is 10.9. The molecule has 0 heterocycles. The Morgan fingerprint density at radius 2 is 1.82 bits per heavy atom. The fraction of sp³-hybridized carbons (Fsp3) is 0.600. The number of aryl methyl sites for hydroxylation is 1. The predicted octanol–water partition coefficient (Wildman–Crippen LogP) is 4.12. The number of benzene rings is 1. The molecule has 1 aromatic rings. The molecule has 17 heavy (non-hydrogen) atoms. The van der Waals surface area contributed by atoms with Crippen LogP contribution in [0.2, 0.25) is 5.02 Å². The van der Waals surface area contributed by atoms with Crippen LogP contribution in [0.4, 0.5) is 0 Å². The molecular weight excluding hydrogens is 230 g/mol. The standard InChI is InChI=1S/C15H22ClN/c1-11-6-7-13(16)12(2)14(11)15(10-17)8-4-3-5-9-15/h6-7H,3-5,8-10,17H2,1-2H3. The summed E-state index contributed by atoms with van der Waals surface area (Å²) in [6, 6.07) is 4.14. The van der Waals surface area contributed by atoms with Gasteiger partial charge in [0.2, 0.25) is 0 Å². The Morgan fingerprint density at radius 1 is 1.18 bits per heavy atom. The van der Waals surface area contributed by atoms with Gasteiger partial charge in [-0.3, -0.25) is 0 Å². The van der Waals surface area contributed by atoms with Crippen LogP contribution in [0.3, 0.4) is 0 Å². The molecule has 1 aromatic carbocycles. The smallest absolute Gasteiger partial charge is 0.0438 e. The van der Waals surface area contributed by atoms with E-state index in [1.54, 1.807) is 0 Å². The van der Waals surface area contributed by atoms with Gasteiger partial charge in [0.25, 0.3) is 0 Å². The molecule has 1 aliphatic carbocycles. The molecule has 0 saturated heterocycles. The maximum Gasteiger partial charge on any atom is 0.0438 e. The average Bonchev–Trinajstić information content (AvgIpc) is 2.35. The van der Waals surface area contributed by atoms with Crippen LogP contribution < -0.4 is 5.73 Å². The minimum absolute atomic E-state index is 0.178. The van der Waals surface area contributed by atoms with Crippen LogP contribution in [0.1, 0.15) is 48.8 Å². The van der Waals surface area contributed by atoms with E-state index in [9.17, 15) is 0 Å². The van der Waals surface area contributed by atoms with Gasteiger partial charge in [-0.2, -0.15) is 0 Å². The third-order valence-corrected chi connectivity index (χ3v) is 4.75. The number of nitrogens with two attached hydrogens (primary N) is 1. The van der Waals surface area contributed by atoms with Crippen molar-refractivity contribution in [3.8, 4) is 0 Å². The van der Waals surface area contributed by atoms with E-state index in [2.05, 4.69) is 19.9 Å². The topological polar surface area (TPSA) is 26.0 Å². The maximum atomic E-state index is 6.28. The van der Waals surface area contributed by atoms with Gasteiger partial charge in [-0.25, -0.2) is 0 Å². The quantitative estimate of drug-likeness (QED) is 0.841. The first-order valence-electron chi connectivity index (χ1n) is 6.57. The van der Waals surface area contributed by atoms with Gasteiger partial charge < -0.3 is 5.73 Å². The summed E-state index contributed by atoms with van der Waals surface area (Å²) >= 11 is 6.28. The summed E-state index contributed by atoms with van der Waals surface area (Å²) in [5, 5.41) is 0.879. The summed E-state index contributed by atoms with van der Waals surface area (Å²) in [5.74, 6) is 0. The highest BCUT2D eigenvalue weighted by Crippen LogP contribution is 2.42. The minimum Gasteiger partial charge on any atom is -0.330 e. The van der Waals surface area contributed by atoms with Gasteiger partial charge in [0.05, 0.1) is 0 Å². The van der Waals surface area contributed by atoms with Crippen LogP contribution in [0.5, 0.6) is 0 Å². The summed E-state index contributed by atoms with van der Waals surface area (Å²) in [6.07, 6.45) is 6.36. The third-order valence-electron chi connectivity index (χ3n) is 4.34. The van der Waals surface area contributed by atoms with Crippen molar-refractivity contribution in [2.45, 2.75) is 51.4 Å². The molecule has 0 amide bonds. The second-order valence-corrected chi connectivity index (χ2v) is 5.82. The highest BCUT2D eigenvalue weighted by molar-refractivity contribution is 6.31. The highest BCUT2D eigenvalue weighted by Gasteiger charge is 2.35. The molecule has 1 fully saturated rings. The van der Waals surface area contributed by atoms with Crippen molar-refractivity contribution in [3.05, 3.63) is 33.8 Å². The van der Waals surface area contributed by atoms with E-state index in [0.717, 1.165) is 11.6 Å². The normalized spacial score (nSPS) is 19.3. The molecule has 2 N–H and O–H groups in total. The zero-order chi connectivity index (χ0) is 12.5. The molecule has 1 saturated carbocycles. The number of halogens is 1. The first kappa shape index (κ1) is 12.9.